The van der Waals surface area contributed by atoms with Crippen LogP contribution in [-0.4, -0.2) is 23.8 Å². The lowest BCUT2D eigenvalue weighted by Gasteiger charge is -2.22. The first-order valence-corrected chi connectivity index (χ1v) is 10.6. The van der Waals surface area contributed by atoms with Gasteiger partial charge in [0.2, 0.25) is 0 Å². The fourth-order valence-corrected chi connectivity index (χ4v) is 3.64. The molecule has 1 saturated carbocycles. The fourth-order valence-electron chi connectivity index (χ4n) is 3.64. The molecule has 1 aliphatic carbocycles. The molecule has 1 fully saturated rings. The van der Waals surface area contributed by atoms with Crippen LogP contribution in [0.15, 0.2) is 48.5 Å². The van der Waals surface area contributed by atoms with Crippen LogP contribution in [0.1, 0.15) is 60.5 Å². The highest BCUT2D eigenvalue weighted by Crippen LogP contribution is 2.18. The number of hydrogen-bond acceptors (Lipinski definition) is 3. The van der Waals surface area contributed by atoms with Gasteiger partial charge in [-0.15, -0.1) is 0 Å². The Bertz CT molecular complexity index is 887. The summed E-state index contributed by atoms with van der Waals surface area (Å²) in [5, 5.41) is 8.24. The van der Waals surface area contributed by atoms with Crippen molar-refractivity contribution in [3.05, 3.63) is 65.2 Å². The molecule has 0 saturated heterocycles. The van der Waals surface area contributed by atoms with E-state index in [2.05, 4.69) is 22.9 Å². The molecule has 0 bridgehead atoms. The number of rotatable bonds is 6. The molecule has 6 nitrogen and oxygen atoms in total. The normalized spacial score (nSPS) is 14.0. The van der Waals surface area contributed by atoms with Gasteiger partial charge in [-0.05, 0) is 42.5 Å². The largest absolute Gasteiger partial charge is 0.348 e. The molecule has 3 rings (SSSR count). The average Bonchev–Trinajstić information content (AvgIpc) is 2.78. The summed E-state index contributed by atoms with van der Waals surface area (Å²) in [5.41, 5.74) is 2.88. The van der Waals surface area contributed by atoms with Crippen molar-refractivity contribution < 1.29 is 14.4 Å². The summed E-state index contributed by atoms with van der Waals surface area (Å²) in [6, 6.07) is 14.8. The van der Waals surface area contributed by atoms with Crippen LogP contribution >= 0.6 is 0 Å². The lowest BCUT2D eigenvalue weighted by Crippen LogP contribution is -2.42. The summed E-state index contributed by atoms with van der Waals surface area (Å²) >= 11 is 0. The zero-order chi connectivity index (χ0) is 21.3. The number of para-hydroxylation sites is 1. The van der Waals surface area contributed by atoms with E-state index in [1.54, 1.807) is 24.3 Å². The maximum Gasteiger partial charge on any atom is 0.313 e. The summed E-state index contributed by atoms with van der Waals surface area (Å²) in [5.74, 6) is -1.72. The number of aryl methyl sites for hydroxylation is 1. The van der Waals surface area contributed by atoms with Gasteiger partial charge in [-0.25, -0.2) is 0 Å². The third kappa shape index (κ3) is 5.92. The van der Waals surface area contributed by atoms with Crippen LogP contribution in [0, 0.1) is 0 Å². The van der Waals surface area contributed by atoms with Crippen LogP contribution in [0.2, 0.25) is 0 Å². The van der Waals surface area contributed by atoms with Crippen molar-refractivity contribution >= 4 is 23.4 Å². The quantitative estimate of drug-likeness (QED) is 0.640. The number of carbonyl (C=O) groups is 3. The second-order valence-electron chi connectivity index (χ2n) is 7.66. The fraction of sp³-hybridized carbons (Fsp3) is 0.375. The van der Waals surface area contributed by atoms with Crippen LogP contribution in [0.4, 0.5) is 5.69 Å². The predicted octanol–water partition coefficient (Wildman–Crippen LogP) is 3.57. The molecule has 0 spiro atoms. The molecule has 0 heterocycles. The third-order valence-electron chi connectivity index (χ3n) is 5.45. The van der Waals surface area contributed by atoms with Gasteiger partial charge in [-0.1, -0.05) is 62.6 Å². The summed E-state index contributed by atoms with van der Waals surface area (Å²) in [7, 11) is 0. The Labute approximate surface area is 177 Å². The van der Waals surface area contributed by atoms with E-state index in [-0.39, 0.29) is 11.9 Å². The monoisotopic (exact) mass is 407 g/mol. The van der Waals surface area contributed by atoms with Crippen molar-refractivity contribution in [1.82, 2.24) is 10.6 Å². The Morgan fingerprint density at radius 1 is 0.867 bits per heavy atom. The second kappa shape index (κ2) is 10.6. The summed E-state index contributed by atoms with van der Waals surface area (Å²) in [6.07, 6.45) is 6.07. The van der Waals surface area contributed by atoms with Crippen molar-refractivity contribution in [2.24, 2.45) is 0 Å². The number of nitrogens with one attached hydrogen (secondary N) is 3. The van der Waals surface area contributed by atoms with Gasteiger partial charge in [-0.2, -0.15) is 0 Å². The van der Waals surface area contributed by atoms with E-state index in [1.165, 1.54) is 12.0 Å². The molecule has 1 aliphatic rings. The molecule has 30 heavy (non-hydrogen) atoms. The molecule has 3 N–H and O–H groups in total. The van der Waals surface area contributed by atoms with Gasteiger partial charge < -0.3 is 16.0 Å². The number of amides is 3. The van der Waals surface area contributed by atoms with Crippen LogP contribution in [0.25, 0.3) is 0 Å². The van der Waals surface area contributed by atoms with Crippen LogP contribution in [-0.2, 0) is 22.6 Å². The van der Waals surface area contributed by atoms with Crippen molar-refractivity contribution in [2.45, 2.75) is 58.0 Å². The molecule has 3 amide bonds. The maximum absolute atomic E-state index is 12.7. The molecular weight excluding hydrogens is 378 g/mol. The molecule has 0 unspecified atom stereocenters. The maximum atomic E-state index is 12.7. The third-order valence-corrected chi connectivity index (χ3v) is 5.45. The second-order valence-corrected chi connectivity index (χ2v) is 7.66. The molecule has 158 valence electrons. The van der Waals surface area contributed by atoms with Gasteiger partial charge in [-0.3, -0.25) is 14.4 Å². The Kier molecular flexibility index (Phi) is 7.60. The molecule has 6 heteroatoms. The Balaban J connectivity index is 1.59. The Hall–Kier alpha value is -3.15. The van der Waals surface area contributed by atoms with Crippen LogP contribution < -0.4 is 16.0 Å². The predicted molar refractivity (Wildman–Crippen MR) is 117 cm³/mol. The van der Waals surface area contributed by atoms with Crippen molar-refractivity contribution in [1.29, 1.82) is 0 Å². The number of benzene rings is 2. The zero-order valence-corrected chi connectivity index (χ0v) is 17.4. The minimum Gasteiger partial charge on any atom is -0.348 e. The van der Waals surface area contributed by atoms with Crippen molar-refractivity contribution in [3.8, 4) is 0 Å². The first-order chi connectivity index (χ1) is 14.6. The molecule has 2 aromatic rings. The van der Waals surface area contributed by atoms with Crippen molar-refractivity contribution in [2.75, 3.05) is 5.32 Å². The van der Waals surface area contributed by atoms with Gasteiger partial charge >= 0.3 is 11.8 Å². The number of carbonyl (C=O) groups excluding carboxylic acids is 3. The molecule has 2 aromatic carbocycles. The highest BCUT2D eigenvalue weighted by Gasteiger charge is 2.22. The lowest BCUT2D eigenvalue weighted by atomic mass is 9.95. The standard InChI is InChI=1S/C24H29N3O3/c1-2-17-12-14-18(15-13-17)16-25-22(28)20-10-6-7-11-21(20)27-24(30)23(29)26-19-8-4-3-5-9-19/h6-7,10-15,19H,2-5,8-9,16H2,1H3,(H,25,28)(H,26,29)(H,27,30). The summed E-state index contributed by atoms with van der Waals surface area (Å²) < 4.78 is 0. The van der Waals surface area contributed by atoms with Gasteiger partial charge in [0.15, 0.2) is 0 Å². The molecule has 0 aliphatic heterocycles. The molecule has 0 radical (unpaired) electrons. The van der Waals surface area contributed by atoms with E-state index < -0.39 is 11.8 Å². The van der Waals surface area contributed by atoms with E-state index in [0.29, 0.717) is 17.8 Å². The van der Waals surface area contributed by atoms with E-state index >= 15 is 0 Å². The molecule has 0 aromatic heterocycles. The van der Waals surface area contributed by atoms with Crippen LogP contribution in [0.5, 0.6) is 0 Å². The van der Waals surface area contributed by atoms with Gasteiger partial charge in [0.25, 0.3) is 5.91 Å². The van der Waals surface area contributed by atoms with Gasteiger partial charge in [0.05, 0.1) is 11.3 Å². The van der Waals surface area contributed by atoms with Crippen LogP contribution in [0.3, 0.4) is 0 Å². The molecular formula is C24H29N3O3. The highest BCUT2D eigenvalue weighted by molar-refractivity contribution is 6.40. The van der Waals surface area contributed by atoms with E-state index in [1.807, 2.05) is 24.3 Å². The van der Waals surface area contributed by atoms with E-state index in [0.717, 1.165) is 37.7 Å². The first kappa shape index (κ1) is 21.6. The highest BCUT2D eigenvalue weighted by atomic mass is 16.2. The molecule has 0 atom stereocenters. The number of hydrogen-bond donors (Lipinski definition) is 3. The number of anilines is 1. The first-order valence-electron chi connectivity index (χ1n) is 10.6. The van der Waals surface area contributed by atoms with E-state index in [4.69, 9.17) is 0 Å². The smallest absolute Gasteiger partial charge is 0.313 e. The minimum atomic E-state index is -0.754. The Morgan fingerprint density at radius 2 is 1.53 bits per heavy atom. The zero-order valence-electron chi connectivity index (χ0n) is 17.4. The Morgan fingerprint density at radius 3 is 2.23 bits per heavy atom. The SMILES string of the molecule is CCc1ccc(CNC(=O)c2ccccc2NC(=O)C(=O)NC2CCCCC2)cc1. The lowest BCUT2D eigenvalue weighted by molar-refractivity contribution is -0.136. The van der Waals surface area contributed by atoms with E-state index in [9.17, 15) is 14.4 Å². The van der Waals surface area contributed by atoms with Crippen molar-refractivity contribution in [3.63, 3.8) is 0 Å². The van der Waals surface area contributed by atoms with Gasteiger partial charge in [0.1, 0.15) is 0 Å². The summed E-state index contributed by atoms with van der Waals surface area (Å²) in [4.78, 5) is 37.2. The topological polar surface area (TPSA) is 87.3 Å². The van der Waals surface area contributed by atoms with Gasteiger partial charge in [0, 0.05) is 12.6 Å². The minimum absolute atomic E-state index is 0.0506. The summed E-state index contributed by atoms with van der Waals surface area (Å²) in [6.45, 7) is 2.48. The average molecular weight is 408 g/mol.